The monoisotopic (exact) mass is 410 g/mol. The molecule has 0 saturated carbocycles. The van der Waals surface area contributed by atoms with E-state index in [1.165, 1.54) is 3.57 Å². The van der Waals surface area contributed by atoms with Gasteiger partial charge in [0.25, 0.3) is 0 Å². The Bertz CT molecular complexity index is 486. The molecule has 2 N–H and O–H groups in total. The maximum absolute atomic E-state index is 11.5. The molecule has 0 fully saturated rings. The summed E-state index contributed by atoms with van der Waals surface area (Å²) in [5.41, 5.74) is 1.13. The fourth-order valence-electron chi connectivity index (χ4n) is 1.61. The van der Waals surface area contributed by atoms with Crippen molar-refractivity contribution in [3.63, 3.8) is 0 Å². The van der Waals surface area contributed by atoms with Crippen molar-refractivity contribution in [1.82, 2.24) is 4.72 Å². The molecule has 0 spiro atoms. The summed E-state index contributed by atoms with van der Waals surface area (Å²) in [5, 5.41) is 3.00. The second-order valence-corrected chi connectivity index (χ2v) is 8.55. The first-order valence-corrected chi connectivity index (χ1v) is 9.52. The van der Waals surface area contributed by atoms with Crippen LogP contribution in [0, 0.1) is 3.57 Å². The fraction of sp³-hybridized carbons (Fsp3) is 0.571. The summed E-state index contributed by atoms with van der Waals surface area (Å²) in [6, 6.07) is 8.28. The van der Waals surface area contributed by atoms with Crippen LogP contribution < -0.4 is 10.0 Å². The van der Waals surface area contributed by atoms with Gasteiger partial charge in [-0.15, -0.1) is 0 Å². The Hall–Kier alpha value is -0.340. The van der Waals surface area contributed by atoms with Gasteiger partial charge in [-0.25, -0.2) is 13.1 Å². The predicted octanol–water partition coefficient (Wildman–Crippen LogP) is 3.20. The lowest BCUT2D eigenvalue weighted by molar-refractivity contribution is 0.566. The first-order valence-electron chi connectivity index (χ1n) is 6.90. The first-order chi connectivity index (χ1) is 9.42. The number of halogens is 1. The van der Waals surface area contributed by atoms with E-state index in [4.69, 9.17) is 0 Å². The largest absolute Gasteiger partial charge is 0.385 e. The van der Waals surface area contributed by atoms with E-state index in [0.717, 1.165) is 31.5 Å². The Morgan fingerprint density at radius 3 is 2.25 bits per heavy atom. The molecule has 0 atom stereocenters. The zero-order chi connectivity index (χ0) is 15.0. The quantitative estimate of drug-likeness (QED) is 0.486. The van der Waals surface area contributed by atoms with E-state index in [0.29, 0.717) is 6.54 Å². The van der Waals surface area contributed by atoms with Crippen molar-refractivity contribution in [2.75, 3.05) is 18.4 Å². The van der Waals surface area contributed by atoms with Crippen LogP contribution in [0.25, 0.3) is 0 Å². The molecule has 0 aliphatic heterocycles. The van der Waals surface area contributed by atoms with Crippen LogP contribution in [0.4, 0.5) is 5.69 Å². The van der Waals surface area contributed by atoms with Gasteiger partial charge in [-0.05, 0) is 73.5 Å². The molecular formula is C14H23IN2O2S. The normalized spacial score (nSPS) is 11.8. The molecule has 0 heterocycles. The minimum Gasteiger partial charge on any atom is -0.385 e. The molecule has 0 bridgehead atoms. The fourth-order valence-corrected chi connectivity index (χ4v) is 2.73. The Labute approximate surface area is 135 Å². The van der Waals surface area contributed by atoms with Gasteiger partial charge in [0, 0.05) is 22.3 Å². The van der Waals surface area contributed by atoms with Gasteiger partial charge in [0.1, 0.15) is 0 Å². The third-order valence-corrected chi connectivity index (χ3v) is 5.52. The van der Waals surface area contributed by atoms with E-state index < -0.39 is 10.0 Å². The minimum atomic E-state index is -3.10. The van der Waals surface area contributed by atoms with E-state index in [1.54, 1.807) is 13.8 Å². The van der Waals surface area contributed by atoms with Crippen molar-refractivity contribution in [2.45, 2.75) is 38.4 Å². The van der Waals surface area contributed by atoms with E-state index >= 15 is 0 Å². The van der Waals surface area contributed by atoms with Gasteiger partial charge in [-0.3, -0.25) is 0 Å². The van der Waals surface area contributed by atoms with Crippen molar-refractivity contribution in [3.8, 4) is 0 Å². The number of nitrogens with one attached hydrogen (secondary N) is 2. The zero-order valence-corrected chi connectivity index (χ0v) is 15.0. The van der Waals surface area contributed by atoms with Crippen LogP contribution in [0.2, 0.25) is 0 Å². The third kappa shape index (κ3) is 6.90. The third-order valence-electron chi connectivity index (χ3n) is 2.95. The summed E-state index contributed by atoms with van der Waals surface area (Å²) >= 11 is 2.28. The zero-order valence-electron chi connectivity index (χ0n) is 12.0. The topological polar surface area (TPSA) is 58.2 Å². The van der Waals surface area contributed by atoms with Crippen LogP contribution in [0.5, 0.6) is 0 Å². The summed E-state index contributed by atoms with van der Waals surface area (Å²) in [6.07, 6.45) is 2.92. The van der Waals surface area contributed by atoms with Crippen LogP contribution >= 0.6 is 22.6 Å². The SMILES string of the molecule is CC(C)S(=O)(=O)NCCCCCNc1ccc(I)cc1. The number of unbranched alkanes of at least 4 members (excludes halogenated alkanes) is 2. The van der Waals surface area contributed by atoms with Gasteiger partial charge in [0.2, 0.25) is 10.0 Å². The number of rotatable bonds is 9. The number of anilines is 1. The highest BCUT2D eigenvalue weighted by Gasteiger charge is 2.13. The average molecular weight is 410 g/mol. The van der Waals surface area contributed by atoms with E-state index in [2.05, 4.69) is 56.9 Å². The summed E-state index contributed by atoms with van der Waals surface area (Å²) in [7, 11) is -3.10. The maximum Gasteiger partial charge on any atom is 0.213 e. The second-order valence-electron chi connectivity index (χ2n) is 4.98. The Balaban J connectivity index is 2.07. The van der Waals surface area contributed by atoms with Crippen molar-refractivity contribution >= 4 is 38.3 Å². The van der Waals surface area contributed by atoms with E-state index in [-0.39, 0.29) is 5.25 Å². The molecule has 1 aromatic rings. The molecule has 6 heteroatoms. The van der Waals surface area contributed by atoms with Crippen molar-refractivity contribution in [2.24, 2.45) is 0 Å². The van der Waals surface area contributed by atoms with E-state index in [9.17, 15) is 8.42 Å². The predicted molar refractivity (Wildman–Crippen MR) is 93.6 cm³/mol. The highest BCUT2D eigenvalue weighted by Crippen LogP contribution is 2.11. The van der Waals surface area contributed by atoms with Crippen LogP contribution in [0.1, 0.15) is 33.1 Å². The summed E-state index contributed by atoms with van der Waals surface area (Å²) in [5.74, 6) is 0. The van der Waals surface area contributed by atoms with Gasteiger partial charge in [-0.1, -0.05) is 6.42 Å². The molecule has 0 saturated heterocycles. The smallest absolute Gasteiger partial charge is 0.213 e. The van der Waals surface area contributed by atoms with Crippen LogP contribution in [-0.4, -0.2) is 26.8 Å². The Morgan fingerprint density at radius 1 is 1.05 bits per heavy atom. The summed E-state index contributed by atoms with van der Waals surface area (Å²) < 4.78 is 26.9. The molecule has 114 valence electrons. The molecule has 1 aromatic carbocycles. The van der Waals surface area contributed by atoms with Crippen molar-refractivity contribution in [1.29, 1.82) is 0 Å². The van der Waals surface area contributed by atoms with Crippen LogP contribution in [0.15, 0.2) is 24.3 Å². The average Bonchev–Trinajstić information content (AvgIpc) is 2.39. The molecule has 0 amide bonds. The lowest BCUT2D eigenvalue weighted by Gasteiger charge is -2.09. The number of benzene rings is 1. The van der Waals surface area contributed by atoms with Crippen LogP contribution in [-0.2, 0) is 10.0 Å². The molecule has 4 nitrogen and oxygen atoms in total. The molecule has 20 heavy (non-hydrogen) atoms. The van der Waals surface area contributed by atoms with Crippen LogP contribution in [0.3, 0.4) is 0 Å². The molecule has 1 rings (SSSR count). The molecule has 0 unspecified atom stereocenters. The highest BCUT2D eigenvalue weighted by atomic mass is 127. The van der Waals surface area contributed by atoms with E-state index in [1.807, 2.05) is 0 Å². The van der Waals surface area contributed by atoms with Crippen molar-refractivity contribution < 1.29 is 8.42 Å². The standard InChI is InChI=1S/C14H23IN2O2S/c1-12(2)20(18,19)17-11-5-3-4-10-16-14-8-6-13(15)7-9-14/h6-9,12,16-17H,3-5,10-11H2,1-2H3. The molecule has 0 aliphatic carbocycles. The highest BCUT2D eigenvalue weighted by molar-refractivity contribution is 14.1. The van der Waals surface area contributed by atoms with Crippen molar-refractivity contribution in [3.05, 3.63) is 27.8 Å². The molecular weight excluding hydrogens is 387 g/mol. The van der Waals surface area contributed by atoms with Gasteiger partial charge in [0.05, 0.1) is 5.25 Å². The lowest BCUT2D eigenvalue weighted by atomic mass is 10.2. The molecule has 0 radical (unpaired) electrons. The lowest BCUT2D eigenvalue weighted by Crippen LogP contribution is -2.31. The number of hydrogen-bond donors (Lipinski definition) is 2. The van der Waals surface area contributed by atoms with Gasteiger partial charge in [-0.2, -0.15) is 0 Å². The maximum atomic E-state index is 11.5. The molecule has 0 aromatic heterocycles. The summed E-state index contributed by atoms with van der Waals surface area (Å²) in [6.45, 7) is 4.82. The number of hydrogen-bond acceptors (Lipinski definition) is 3. The minimum absolute atomic E-state index is 0.356. The molecule has 0 aliphatic rings. The van der Waals surface area contributed by atoms with Gasteiger partial charge in [0.15, 0.2) is 0 Å². The number of sulfonamides is 1. The second kappa shape index (κ2) is 8.84. The first kappa shape index (κ1) is 17.7. The Morgan fingerprint density at radius 2 is 1.65 bits per heavy atom. The van der Waals surface area contributed by atoms with Gasteiger partial charge < -0.3 is 5.32 Å². The van der Waals surface area contributed by atoms with Gasteiger partial charge >= 0.3 is 0 Å². The Kier molecular flexibility index (Phi) is 7.83. The summed E-state index contributed by atoms with van der Waals surface area (Å²) in [4.78, 5) is 0.